The molecule has 0 spiro atoms. The molecule has 0 saturated carbocycles. The van der Waals surface area contributed by atoms with Crippen LogP contribution in [0.2, 0.25) is 5.04 Å². The fraction of sp³-hybridized carbons (Fsp3) is 0.279. The number of amides is 1. The lowest BCUT2D eigenvalue weighted by atomic mass is 9.94. The molecule has 8 heteroatoms. The van der Waals surface area contributed by atoms with E-state index in [1.54, 1.807) is 25.2 Å². The van der Waals surface area contributed by atoms with Crippen LogP contribution in [0.15, 0.2) is 109 Å². The first kappa shape index (κ1) is 35.9. The van der Waals surface area contributed by atoms with E-state index in [1.165, 1.54) is 22.5 Å². The lowest BCUT2D eigenvalue weighted by molar-refractivity contribution is 0.0706. The van der Waals surface area contributed by atoms with Crippen molar-refractivity contribution in [2.75, 3.05) is 20.8 Å². The molecule has 6 rings (SSSR count). The molecule has 0 aliphatic carbocycles. The van der Waals surface area contributed by atoms with Crippen LogP contribution in [0.25, 0.3) is 11.1 Å². The summed E-state index contributed by atoms with van der Waals surface area (Å²) in [5.41, 5.74) is 4.42. The number of aryl methyl sites for hydroxylation is 1. The van der Waals surface area contributed by atoms with Crippen LogP contribution in [0.3, 0.4) is 0 Å². The van der Waals surface area contributed by atoms with Gasteiger partial charge in [-0.2, -0.15) is 0 Å². The predicted molar refractivity (Wildman–Crippen MR) is 203 cm³/mol. The molecule has 51 heavy (non-hydrogen) atoms. The zero-order valence-corrected chi connectivity index (χ0v) is 31.5. The van der Waals surface area contributed by atoms with E-state index in [2.05, 4.69) is 69.3 Å². The van der Waals surface area contributed by atoms with Crippen LogP contribution in [-0.2, 0) is 17.6 Å². The summed E-state index contributed by atoms with van der Waals surface area (Å²) < 4.78 is 39.4. The molecule has 0 aromatic heterocycles. The maximum atomic E-state index is 14.7. The van der Waals surface area contributed by atoms with Crippen molar-refractivity contribution in [1.29, 1.82) is 0 Å². The van der Waals surface area contributed by atoms with Crippen LogP contribution in [0.1, 0.15) is 54.7 Å². The first-order valence-electron chi connectivity index (χ1n) is 17.3. The molecular weight excluding hydrogens is 658 g/mol. The first-order valence-corrected chi connectivity index (χ1v) is 19.2. The van der Waals surface area contributed by atoms with Crippen molar-refractivity contribution in [3.8, 4) is 28.4 Å². The van der Waals surface area contributed by atoms with Crippen LogP contribution >= 0.6 is 0 Å². The predicted octanol–water partition coefficient (Wildman–Crippen LogP) is 8.32. The number of carbonyl (C=O) groups is 1. The minimum absolute atomic E-state index is 0.163. The Balaban J connectivity index is 1.48. The summed E-state index contributed by atoms with van der Waals surface area (Å²) >= 11 is 0. The van der Waals surface area contributed by atoms with Gasteiger partial charge in [0, 0.05) is 18.2 Å². The number of hydrogen-bond donors (Lipinski definition) is 0. The van der Waals surface area contributed by atoms with Crippen molar-refractivity contribution in [3.05, 3.63) is 137 Å². The molecule has 0 saturated heterocycles. The fourth-order valence-electron chi connectivity index (χ4n) is 7.26. The second-order valence-corrected chi connectivity index (χ2v) is 18.6. The third-order valence-corrected chi connectivity index (χ3v) is 14.6. The smallest absolute Gasteiger partial charge is 0.261 e. The summed E-state index contributed by atoms with van der Waals surface area (Å²) in [4.78, 5) is 16.5. The van der Waals surface area contributed by atoms with Crippen molar-refractivity contribution in [1.82, 2.24) is 4.90 Å². The van der Waals surface area contributed by atoms with E-state index in [9.17, 15) is 9.18 Å². The number of ether oxygens (including phenoxy) is 3. The second kappa shape index (κ2) is 14.7. The maximum absolute atomic E-state index is 14.7. The molecule has 0 N–H and O–H groups in total. The summed E-state index contributed by atoms with van der Waals surface area (Å²) in [5.74, 6) is 1.30. The molecule has 1 heterocycles. The zero-order valence-electron chi connectivity index (χ0n) is 30.5. The number of carbonyl (C=O) groups excluding carboxylic acids is 1. The molecule has 1 amide bonds. The highest BCUT2D eigenvalue weighted by Gasteiger charge is 2.50. The Morgan fingerprint density at radius 1 is 0.784 bits per heavy atom. The molecule has 0 fully saturated rings. The average molecular weight is 704 g/mol. The third-order valence-electron chi connectivity index (χ3n) is 9.60. The van der Waals surface area contributed by atoms with E-state index in [-0.39, 0.29) is 29.5 Å². The second-order valence-electron chi connectivity index (χ2n) is 14.3. The Hall–Kier alpha value is -4.92. The van der Waals surface area contributed by atoms with Gasteiger partial charge in [0.2, 0.25) is 0 Å². The lowest BCUT2D eigenvalue weighted by Gasteiger charge is -2.43. The maximum Gasteiger partial charge on any atom is 0.261 e. The Labute approximate surface area is 301 Å². The van der Waals surface area contributed by atoms with Gasteiger partial charge in [0.05, 0.1) is 32.9 Å². The molecule has 1 aliphatic heterocycles. The molecular formula is C43H46FNO5Si. The van der Waals surface area contributed by atoms with Crippen molar-refractivity contribution in [3.63, 3.8) is 0 Å². The Bertz CT molecular complexity index is 1950. The van der Waals surface area contributed by atoms with E-state index < -0.39 is 8.32 Å². The van der Waals surface area contributed by atoms with Gasteiger partial charge in [-0.25, -0.2) is 4.39 Å². The Kier molecular flexibility index (Phi) is 10.4. The van der Waals surface area contributed by atoms with Gasteiger partial charge in [-0.3, -0.25) is 4.79 Å². The van der Waals surface area contributed by atoms with Crippen LogP contribution in [0.4, 0.5) is 4.39 Å². The topological polar surface area (TPSA) is 57.2 Å². The standard InChI is InChI=1S/C43H46FNO5Si/c1-29-20-33(44)18-19-38(29)39-23-32(28-49-51(43(3,4)5,36-14-10-8-11-15-36)37-16-12-9-13-17-37)24-40-41(39)50-30(2)26-45(42(40)46)27-31-21-34(47-6)25-35(22-31)48-7/h8-25,30H,26-28H2,1-7H3/t30-/m1/s1. The first-order chi connectivity index (χ1) is 24.4. The largest absolute Gasteiger partial charge is 0.497 e. The van der Waals surface area contributed by atoms with Crippen LogP contribution in [0, 0.1) is 12.7 Å². The summed E-state index contributed by atoms with van der Waals surface area (Å²) in [6.07, 6.45) is -0.318. The number of nitrogens with zero attached hydrogens (tertiary/aromatic N) is 1. The van der Waals surface area contributed by atoms with Gasteiger partial charge < -0.3 is 23.5 Å². The number of methoxy groups -OCH3 is 2. The molecule has 1 atom stereocenters. The van der Waals surface area contributed by atoms with Gasteiger partial charge >= 0.3 is 0 Å². The Morgan fingerprint density at radius 2 is 1.37 bits per heavy atom. The number of fused-ring (bicyclic) bond motifs is 1. The van der Waals surface area contributed by atoms with Gasteiger partial charge in [0.25, 0.3) is 14.2 Å². The minimum atomic E-state index is -2.90. The molecule has 0 radical (unpaired) electrons. The van der Waals surface area contributed by atoms with Crippen LogP contribution in [-0.4, -0.2) is 46.0 Å². The fourth-order valence-corrected chi connectivity index (χ4v) is 11.8. The highest BCUT2D eigenvalue weighted by Crippen LogP contribution is 2.41. The minimum Gasteiger partial charge on any atom is -0.497 e. The molecule has 0 unspecified atom stereocenters. The zero-order chi connectivity index (χ0) is 36.3. The van der Waals surface area contributed by atoms with Gasteiger partial charge in [0.1, 0.15) is 29.2 Å². The molecule has 0 bridgehead atoms. The highest BCUT2D eigenvalue weighted by atomic mass is 28.4. The van der Waals surface area contributed by atoms with Gasteiger partial charge in [-0.05, 0) is 87.9 Å². The van der Waals surface area contributed by atoms with Gasteiger partial charge in [0.15, 0.2) is 0 Å². The van der Waals surface area contributed by atoms with Crippen molar-refractivity contribution in [2.24, 2.45) is 0 Å². The quantitative estimate of drug-likeness (QED) is 0.137. The van der Waals surface area contributed by atoms with Gasteiger partial charge in [-0.15, -0.1) is 0 Å². The summed E-state index contributed by atoms with van der Waals surface area (Å²) in [6.45, 7) is 11.5. The lowest BCUT2D eigenvalue weighted by Crippen LogP contribution is -2.66. The summed E-state index contributed by atoms with van der Waals surface area (Å²) in [5, 5.41) is 2.10. The van der Waals surface area contributed by atoms with E-state index in [4.69, 9.17) is 18.6 Å². The third kappa shape index (κ3) is 7.30. The van der Waals surface area contributed by atoms with E-state index in [0.717, 1.165) is 27.8 Å². The normalized spacial score (nSPS) is 14.8. The van der Waals surface area contributed by atoms with Crippen LogP contribution < -0.4 is 24.6 Å². The number of benzene rings is 5. The van der Waals surface area contributed by atoms with Gasteiger partial charge in [-0.1, -0.05) is 87.5 Å². The van der Waals surface area contributed by atoms with E-state index in [0.29, 0.717) is 35.9 Å². The summed E-state index contributed by atoms with van der Waals surface area (Å²) in [7, 11) is 0.313. The number of halogens is 1. The summed E-state index contributed by atoms with van der Waals surface area (Å²) in [6, 6.07) is 35.3. The molecule has 5 aromatic rings. The molecule has 1 aliphatic rings. The van der Waals surface area contributed by atoms with Crippen molar-refractivity contribution >= 4 is 24.6 Å². The Morgan fingerprint density at radius 3 is 1.92 bits per heavy atom. The monoisotopic (exact) mass is 703 g/mol. The van der Waals surface area contributed by atoms with Crippen molar-refractivity contribution < 1.29 is 27.8 Å². The number of rotatable bonds is 10. The number of hydrogen-bond acceptors (Lipinski definition) is 5. The van der Waals surface area contributed by atoms with E-state index in [1.807, 2.05) is 56.3 Å². The molecule has 5 aromatic carbocycles. The van der Waals surface area contributed by atoms with Crippen LogP contribution in [0.5, 0.6) is 17.2 Å². The molecule has 264 valence electrons. The average Bonchev–Trinajstić information content (AvgIpc) is 3.23. The van der Waals surface area contributed by atoms with E-state index >= 15 is 0 Å². The highest BCUT2D eigenvalue weighted by molar-refractivity contribution is 6.99. The molecule has 6 nitrogen and oxygen atoms in total. The van der Waals surface area contributed by atoms with Crippen molar-refractivity contribution in [2.45, 2.75) is 58.9 Å². The SMILES string of the molecule is COc1cc(CN2C[C@@H](C)Oc3c(cc(CO[Si](c4ccccc4)(c4ccccc4)C(C)(C)C)cc3-c3ccc(F)cc3C)C2=O)cc(OC)c1.